The molecule has 1 aliphatic heterocycles. The number of hydrogen-bond donors (Lipinski definition) is 1. The van der Waals surface area contributed by atoms with Gasteiger partial charge in [-0.25, -0.2) is 4.98 Å². The summed E-state index contributed by atoms with van der Waals surface area (Å²) in [5.41, 5.74) is 10.2. The summed E-state index contributed by atoms with van der Waals surface area (Å²) in [6.45, 7) is 3.53. The highest BCUT2D eigenvalue weighted by Crippen LogP contribution is 2.38. The number of ether oxygens (including phenoxy) is 2. The predicted molar refractivity (Wildman–Crippen MR) is 143 cm³/mol. The minimum atomic E-state index is -0.0332. The van der Waals surface area contributed by atoms with Gasteiger partial charge in [0.2, 0.25) is 5.88 Å². The summed E-state index contributed by atoms with van der Waals surface area (Å²) < 4.78 is 15.5. The number of aryl methyl sites for hydroxylation is 1. The normalized spacial score (nSPS) is 20.1. The van der Waals surface area contributed by atoms with Gasteiger partial charge in [0, 0.05) is 49.2 Å². The summed E-state index contributed by atoms with van der Waals surface area (Å²) in [4.78, 5) is 25.2. The lowest BCUT2D eigenvalue weighted by Crippen LogP contribution is -2.50. The fraction of sp³-hybridized carbons (Fsp3) is 0.464. The molecule has 37 heavy (non-hydrogen) atoms. The molecule has 1 amide bonds. The minimum absolute atomic E-state index is 0.00727. The van der Waals surface area contributed by atoms with E-state index in [1.807, 2.05) is 36.2 Å². The van der Waals surface area contributed by atoms with Crippen LogP contribution in [0.1, 0.15) is 43.0 Å². The van der Waals surface area contributed by atoms with Crippen molar-refractivity contribution in [2.75, 3.05) is 20.8 Å². The van der Waals surface area contributed by atoms with Gasteiger partial charge >= 0.3 is 0 Å². The van der Waals surface area contributed by atoms with Crippen LogP contribution in [0.15, 0.2) is 30.3 Å². The van der Waals surface area contributed by atoms with E-state index in [2.05, 4.69) is 22.1 Å². The molecule has 6 rings (SSSR count). The third kappa shape index (κ3) is 4.11. The summed E-state index contributed by atoms with van der Waals surface area (Å²) in [7, 11) is 5.27. The van der Waals surface area contributed by atoms with Crippen LogP contribution in [-0.2, 0) is 13.6 Å². The van der Waals surface area contributed by atoms with E-state index in [4.69, 9.17) is 25.2 Å². The number of rotatable bonds is 6. The maximum absolute atomic E-state index is 13.5. The number of carbonyl (C=O) groups excluding carboxylic acids is 1. The summed E-state index contributed by atoms with van der Waals surface area (Å²) in [5, 5.41) is 1.04. The zero-order chi connectivity index (χ0) is 25.8. The van der Waals surface area contributed by atoms with Crippen LogP contribution in [-0.4, -0.2) is 62.8 Å². The Morgan fingerprint density at radius 2 is 1.89 bits per heavy atom. The van der Waals surface area contributed by atoms with E-state index < -0.39 is 0 Å². The van der Waals surface area contributed by atoms with E-state index in [-0.39, 0.29) is 18.0 Å². The standard InChI is InChI=1S/C28H34N6O3/c1-16-5-9-20(29)15-33(16)28(35)19-11-21-25(23(13-19)36-3)32(2)27(30-21)22-12-18-8-10-24(37-4)31-26(18)34(22)14-17-6-7-17/h8,10-13,16-17,20H,5-7,9,14-15,29H2,1-4H3/t16-,20-/m0/s1. The van der Waals surface area contributed by atoms with Gasteiger partial charge in [-0.2, -0.15) is 4.98 Å². The fourth-order valence-corrected chi connectivity index (χ4v) is 5.55. The number of imidazole rings is 1. The van der Waals surface area contributed by atoms with E-state index in [1.54, 1.807) is 14.2 Å². The zero-order valence-corrected chi connectivity index (χ0v) is 21.9. The first-order chi connectivity index (χ1) is 17.9. The third-order valence-electron chi connectivity index (χ3n) is 7.87. The zero-order valence-electron chi connectivity index (χ0n) is 21.9. The minimum Gasteiger partial charge on any atom is -0.494 e. The second-order valence-corrected chi connectivity index (χ2v) is 10.5. The van der Waals surface area contributed by atoms with Crippen LogP contribution >= 0.6 is 0 Å². The molecule has 1 saturated carbocycles. The average molecular weight is 503 g/mol. The SMILES string of the molecule is COc1ccc2cc(-c3nc4cc(C(=O)N5C[C@@H](N)CC[C@@H]5C)cc(OC)c4n3C)n(CC3CC3)c2n1. The molecular formula is C28H34N6O3. The van der Waals surface area contributed by atoms with Gasteiger partial charge in [-0.15, -0.1) is 0 Å². The van der Waals surface area contributed by atoms with Crippen LogP contribution in [0.25, 0.3) is 33.6 Å². The molecule has 1 saturated heterocycles. The molecule has 1 aliphatic carbocycles. The molecular weight excluding hydrogens is 468 g/mol. The van der Waals surface area contributed by atoms with Crippen LogP contribution in [0.4, 0.5) is 0 Å². The van der Waals surface area contributed by atoms with Gasteiger partial charge in [-0.1, -0.05) is 0 Å². The van der Waals surface area contributed by atoms with Crippen LogP contribution in [0.3, 0.4) is 0 Å². The number of fused-ring (bicyclic) bond motifs is 2. The first-order valence-electron chi connectivity index (χ1n) is 13.0. The van der Waals surface area contributed by atoms with Crippen LogP contribution in [0, 0.1) is 5.92 Å². The molecule has 2 aliphatic rings. The highest BCUT2D eigenvalue weighted by atomic mass is 16.5. The lowest BCUT2D eigenvalue weighted by molar-refractivity contribution is 0.0612. The molecule has 2 N–H and O–H groups in total. The van der Waals surface area contributed by atoms with Crippen molar-refractivity contribution >= 4 is 28.0 Å². The number of pyridine rings is 1. The Morgan fingerprint density at radius 3 is 2.62 bits per heavy atom. The molecule has 0 radical (unpaired) electrons. The number of likely N-dealkylation sites (tertiary alicyclic amines) is 1. The fourth-order valence-electron chi connectivity index (χ4n) is 5.55. The van der Waals surface area contributed by atoms with Gasteiger partial charge in [0.1, 0.15) is 16.9 Å². The van der Waals surface area contributed by atoms with E-state index in [0.29, 0.717) is 29.7 Å². The molecule has 0 spiro atoms. The quantitative estimate of drug-likeness (QED) is 0.428. The maximum atomic E-state index is 13.5. The van der Waals surface area contributed by atoms with Crippen molar-refractivity contribution in [2.24, 2.45) is 18.7 Å². The summed E-state index contributed by atoms with van der Waals surface area (Å²) in [6.07, 6.45) is 4.30. The monoisotopic (exact) mass is 502 g/mol. The van der Waals surface area contributed by atoms with E-state index in [0.717, 1.165) is 53.0 Å². The average Bonchev–Trinajstić information content (AvgIpc) is 3.58. The molecule has 9 heteroatoms. The summed E-state index contributed by atoms with van der Waals surface area (Å²) in [6, 6.07) is 9.93. The molecule has 2 fully saturated rings. The van der Waals surface area contributed by atoms with Gasteiger partial charge in [-0.05, 0) is 62.8 Å². The number of benzene rings is 1. The van der Waals surface area contributed by atoms with E-state index in [1.165, 1.54) is 12.8 Å². The van der Waals surface area contributed by atoms with Crippen molar-refractivity contribution in [1.29, 1.82) is 0 Å². The van der Waals surface area contributed by atoms with Crippen molar-refractivity contribution in [3.8, 4) is 23.1 Å². The Hall–Kier alpha value is -3.59. The van der Waals surface area contributed by atoms with E-state index >= 15 is 0 Å². The predicted octanol–water partition coefficient (Wildman–Crippen LogP) is 3.97. The molecule has 0 unspecified atom stereocenters. The van der Waals surface area contributed by atoms with Crippen LogP contribution in [0.2, 0.25) is 0 Å². The number of piperidine rings is 1. The Balaban J connectivity index is 1.48. The highest BCUT2D eigenvalue weighted by molar-refractivity contribution is 6.00. The van der Waals surface area contributed by atoms with Crippen molar-refractivity contribution in [3.05, 3.63) is 35.9 Å². The first kappa shape index (κ1) is 23.8. The number of carbonyl (C=O) groups is 1. The molecule has 4 aromatic rings. The third-order valence-corrected chi connectivity index (χ3v) is 7.87. The molecule has 3 aromatic heterocycles. The Labute approximate surface area is 216 Å². The molecule has 194 valence electrons. The molecule has 2 atom stereocenters. The van der Waals surface area contributed by atoms with Gasteiger partial charge in [0.15, 0.2) is 5.82 Å². The number of hydrogen-bond acceptors (Lipinski definition) is 6. The number of methoxy groups -OCH3 is 2. The van der Waals surface area contributed by atoms with Gasteiger partial charge in [-0.3, -0.25) is 4.79 Å². The largest absolute Gasteiger partial charge is 0.494 e. The van der Waals surface area contributed by atoms with E-state index in [9.17, 15) is 4.79 Å². The summed E-state index contributed by atoms with van der Waals surface area (Å²) in [5.74, 6) is 2.64. The number of amides is 1. The highest BCUT2D eigenvalue weighted by Gasteiger charge is 2.30. The molecule has 4 heterocycles. The lowest BCUT2D eigenvalue weighted by atomic mass is 9.99. The van der Waals surface area contributed by atoms with Gasteiger partial charge in [0.25, 0.3) is 5.91 Å². The van der Waals surface area contributed by atoms with Gasteiger partial charge < -0.3 is 29.2 Å². The van der Waals surface area contributed by atoms with Crippen molar-refractivity contribution in [2.45, 2.75) is 51.2 Å². The summed E-state index contributed by atoms with van der Waals surface area (Å²) >= 11 is 0. The maximum Gasteiger partial charge on any atom is 0.254 e. The molecule has 9 nitrogen and oxygen atoms in total. The topological polar surface area (TPSA) is 100 Å². The first-order valence-corrected chi connectivity index (χ1v) is 13.0. The smallest absolute Gasteiger partial charge is 0.254 e. The Morgan fingerprint density at radius 1 is 1.08 bits per heavy atom. The van der Waals surface area contributed by atoms with Crippen molar-refractivity contribution < 1.29 is 14.3 Å². The van der Waals surface area contributed by atoms with Crippen LogP contribution in [0.5, 0.6) is 11.6 Å². The van der Waals surface area contributed by atoms with Gasteiger partial charge in [0.05, 0.1) is 25.4 Å². The second-order valence-electron chi connectivity index (χ2n) is 10.5. The Kier molecular flexibility index (Phi) is 5.82. The van der Waals surface area contributed by atoms with Crippen LogP contribution < -0.4 is 15.2 Å². The number of aromatic nitrogens is 4. The van der Waals surface area contributed by atoms with Crippen molar-refractivity contribution in [3.63, 3.8) is 0 Å². The molecule has 1 aromatic carbocycles. The number of nitrogens with zero attached hydrogens (tertiary/aromatic N) is 5. The van der Waals surface area contributed by atoms with Crippen molar-refractivity contribution in [1.82, 2.24) is 24.0 Å². The number of nitrogens with two attached hydrogens (primary N) is 1. The second kappa shape index (κ2) is 9.06. The molecule has 0 bridgehead atoms. The Bertz CT molecular complexity index is 1500. The lowest BCUT2D eigenvalue weighted by Gasteiger charge is -2.36.